The number of ether oxygens (including phenoxy) is 2. The van der Waals surface area contributed by atoms with Crippen molar-refractivity contribution in [2.24, 2.45) is 0 Å². The summed E-state index contributed by atoms with van der Waals surface area (Å²) in [4.78, 5) is 32.3. The predicted octanol–water partition coefficient (Wildman–Crippen LogP) is 0.286. The third-order valence-electron chi connectivity index (χ3n) is 3.12. The fourth-order valence-electron chi connectivity index (χ4n) is 1.91. The molecule has 1 N–H and O–H groups in total. The van der Waals surface area contributed by atoms with Gasteiger partial charge in [0.05, 0.1) is 9.82 Å². The van der Waals surface area contributed by atoms with Gasteiger partial charge in [-0.25, -0.2) is 8.42 Å². The predicted molar refractivity (Wildman–Crippen MR) is 82.9 cm³/mol. The lowest BCUT2D eigenvalue weighted by Crippen LogP contribution is -2.46. The van der Waals surface area contributed by atoms with Gasteiger partial charge in [0.2, 0.25) is 10.0 Å². The summed E-state index contributed by atoms with van der Waals surface area (Å²) in [6, 6.07) is 4.14. The molecule has 0 radical (unpaired) electrons. The zero-order chi connectivity index (χ0) is 18.6. The Labute approximate surface area is 142 Å². The van der Waals surface area contributed by atoms with Crippen molar-refractivity contribution in [2.45, 2.75) is 24.2 Å². The van der Waals surface area contributed by atoms with E-state index < -0.39 is 39.0 Å². The van der Waals surface area contributed by atoms with Gasteiger partial charge in [-0.05, 0) is 24.3 Å². The molecule has 0 amide bonds. The highest BCUT2D eigenvalue weighted by molar-refractivity contribution is 7.89. The van der Waals surface area contributed by atoms with Crippen LogP contribution in [0.15, 0.2) is 41.3 Å². The Morgan fingerprint density at radius 3 is 2.56 bits per heavy atom. The first-order valence-corrected chi connectivity index (χ1v) is 8.45. The van der Waals surface area contributed by atoms with Crippen LogP contribution in [0.2, 0.25) is 0 Å². The summed E-state index contributed by atoms with van der Waals surface area (Å²) in [5.74, 6) is -1.18. The van der Waals surface area contributed by atoms with Crippen LogP contribution < -0.4 is 4.72 Å². The van der Waals surface area contributed by atoms with Crippen LogP contribution in [-0.2, 0) is 29.1 Å². The number of rotatable bonds is 6. The van der Waals surface area contributed by atoms with E-state index in [1.165, 1.54) is 13.0 Å². The molecule has 25 heavy (non-hydrogen) atoms. The average Bonchev–Trinajstić information content (AvgIpc) is 2.55. The first-order chi connectivity index (χ1) is 11.7. The Morgan fingerprint density at radius 1 is 1.36 bits per heavy atom. The van der Waals surface area contributed by atoms with Crippen molar-refractivity contribution in [1.29, 1.82) is 0 Å². The SMILES string of the molecule is CC(=O)OC[C@@H]1C=CC(=O)[C@@H](NS(=O)(=O)c2ccc([N+](=O)[O-])cc2)O1. The van der Waals surface area contributed by atoms with Crippen molar-refractivity contribution in [2.75, 3.05) is 6.61 Å². The molecule has 11 heteroatoms. The highest BCUT2D eigenvalue weighted by atomic mass is 32.2. The molecule has 0 saturated carbocycles. The van der Waals surface area contributed by atoms with Crippen LogP contribution in [0, 0.1) is 10.1 Å². The van der Waals surface area contributed by atoms with Gasteiger partial charge >= 0.3 is 5.97 Å². The molecule has 0 aromatic heterocycles. The number of hydrogen-bond acceptors (Lipinski definition) is 8. The maximum atomic E-state index is 12.3. The summed E-state index contributed by atoms with van der Waals surface area (Å²) in [7, 11) is -4.15. The number of sulfonamides is 1. The van der Waals surface area contributed by atoms with Crippen molar-refractivity contribution < 1.29 is 32.4 Å². The molecule has 2 atom stereocenters. The van der Waals surface area contributed by atoms with Gasteiger partial charge in [-0.3, -0.25) is 19.7 Å². The summed E-state index contributed by atoms with van der Waals surface area (Å²) in [5, 5.41) is 10.6. The molecule has 2 rings (SSSR count). The van der Waals surface area contributed by atoms with Crippen LogP contribution in [0.1, 0.15) is 6.92 Å². The number of carbonyl (C=O) groups excluding carboxylic acids is 2. The Morgan fingerprint density at radius 2 is 2.00 bits per heavy atom. The third-order valence-corrected chi connectivity index (χ3v) is 4.53. The second-order valence-electron chi connectivity index (χ2n) is 4.99. The van der Waals surface area contributed by atoms with E-state index >= 15 is 0 Å². The molecule has 0 spiro atoms. The van der Waals surface area contributed by atoms with E-state index in [4.69, 9.17) is 9.47 Å². The van der Waals surface area contributed by atoms with Gasteiger partial charge in [-0.2, -0.15) is 4.72 Å². The molecule has 1 aromatic carbocycles. The van der Waals surface area contributed by atoms with Gasteiger partial charge in [0.15, 0.2) is 12.0 Å². The van der Waals surface area contributed by atoms with Gasteiger partial charge in [0.25, 0.3) is 5.69 Å². The van der Waals surface area contributed by atoms with Crippen LogP contribution >= 0.6 is 0 Å². The molecule has 1 aromatic rings. The van der Waals surface area contributed by atoms with E-state index in [-0.39, 0.29) is 17.2 Å². The van der Waals surface area contributed by atoms with Crippen LogP contribution in [0.25, 0.3) is 0 Å². The van der Waals surface area contributed by atoms with E-state index in [0.29, 0.717) is 0 Å². The molecule has 10 nitrogen and oxygen atoms in total. The van der Waals surface area contributed by atoms with Gasteiger partial charge < -0.3 is 9.47 Å². The Balaban J connectivity index is 2.10. The highest BCUT2D eigenvalue weighted by Crippen LogP contribution is 2.17. The average molecular weight is 370 g/mol. The number of nitrogens with one attached hydrogen (secondary N) is 1. The van der Waals surface area contributed by atoms with Crippen LogP contribution in [-0.4, -0.2) is 44.0 Å². The number of ketones is 1. The highest BCUT2D eigenvalue weighted by Gasteiger charge is 2.30. The molecule has 0 bridgehead atoms. The molecule has 0 unspecified atom stereocenters. The summed E-state index contributed by atoms with van der Waals surface area (Å²) < 4.78 is 36.6. The van der Waals surface area contributed by atoms with E-state index in [0.717, 1.165) is 30.3 Å². The Bertz CT molecular complexity index is 816. The zero-order valence-electron chi connectivity index (χ0n) is 12.9. The first kappa shape index (κ1) is 18.7. The summed E-state index contributed by atoms with van der Waals surface area (Å²) >= 11 is 0. The number of carbonyl (C=O) groups is 2. The van der Waals surface area contributed by atoms with E-state index in [9.17, 15) is 28.1 Å². The molecule has 0 saturated heterocycles. The van der Waals surface area contributed by atoms with Gasteiger partial charge in [0, 0.05) is 19.1 Å². The number of hydrogen-bond donors (Lipinski definition) is 1. The number of nitro benzene ring substituents is 1. The summed E-state index contributed by atoms with van der Waals surface area (Å²) in [5.41, 5.74) is -0.270. The number of nitro groups is 1. The standard InChI is InChI=1S/C14H14N2O8S/c1-9(17)23-8-11-4-7-13(18)14(24-11)15-25(21,22)12-5-2-10(3-6-12)16(19)20/h2-7,11,14-15H,8H2,1H3/t11-,14-/m0/s1. The van der Waals surface area contributed by atoms with E-state index in [1.54, 1.807) is 0 Å². The van der Waals surface area contributed by atoms with Crippen LogP contribution in [0.3, 0.4) is 0 Å². The third kappa shape index (κ3) is 4.92. The second-order valence-corrected chi connectivity index (χ2v) is 6.70. The minimum atomic E-state index is -4.15. The molecular weight excluding hydrogens is 356 g/mol. The van der Waals surface area contributed by atoms with Crippen LogP contribution in [0.5, 0.6) is 0 Å². The zero-order valence-corrected chi connectivity index (χ0v) is 13.8. The Hall–Kier alpha value is -2.63. The minimum Gasteiger partial charge on any atom is -0.463 e. The van der Waals surface area contributed by atoms with E-state index in [2.05, 4.69) is 4.72 Å². The van der Waals surface area contributed by atoms with Gasteiger partial charge in [-0.1, -0.05) is 0 Å². The molecule has 0 aliphatic carbocycles. The lowest BCUT2D eigenvalue weighted by atomic mass is 10.2. The number of non-ortho nitro benzene ring substituents is 1. The molecule has 134 valence electrons. The summed E-state index contributed by atoms with van der Waals surface area (Å²) in [6.07, 6.45) is 0.194. The lowest BCUT2D eigenvalue weighted by molar-refractivity contribution is -0.384. The van der Waals surface area contributed by atoms with Gasteiger partial charge in [-0.15, -0.1) is 0 Å². The quantitative estimate of drug-likeness (QED) is 0.428. The normalized spacial score (nSPS) is 20.3. The molecule has 0 fully saturated rings. The topological polar surface area (TPSA) is 142 Å². The fourth-order valence-corrected chi connectivity index (χ4v) is 3.00. The van der Waals surface area contributed by atoms with Crippen molar-refractivity contribution in [1.82, 2.24) is 4.72 Å². The largest absolute Gasteiger partial charge is 0.463 e. The smallest absolute Gasteiger partial charge is 0.302 e. The minimum absolute atomic E-state index is 0.172. The summed E-state index contributed by atoms with van der Waals surface area (Å²) in [6.45, 7) is 1.03. The maximum absolute atomic E-state index is 12.3. The Kier molecular flexibility index (Phi) is 5.62. The number of nitrogens with zero attached hydrogens (tertiary/aromatic N) is 1. The van der Waals surface area contributed by atoms with Crippen molar-refractivity contribution in [3.63, 3.8) is 0 Å². The molecule has 1 aliphatic rings. The molecule has 1 aliphatic heterocycles. The monoisotopic (exact) mass is 370 g/mol. The van der Waals surface area contributed by atoms with Crippen molar-refractivity contribution in [3.8, 4) is 0 Å². The maximum Gasteiger partial charge on any atom is 0.302 e. The number of benzene rings is 1. The molecule has 1 heterocycles. The first-order valence-electron chi connectivity index (χ1n) is 6.97. The fraction of sp³-hybridized carbons (Fsp3) is 0.286. The van der Waals surface area contributed by atoms with Crippen LogP contribution in [0.4, 0.5) is 5.69 Å². The lowest BCUT2D eigenvalue weighted by Gasteiger charge is -2.25. The molecular formula is C14H14N2O8S. The van der Waals surface area contributed by atoms with E-state index in [1.807, 2.05) is 0 Å². The number of esters is 1. The second kappa shape index (κ2) is 7.51. The van der Waals surface area contributed by atoms with Gasteiger partial charge in [0.1, 0.15) is 12.7 Å². The van der Waals surface area contributed by atoms with Crippen molar-refractivity contribution >= 4 is 27.5 Å². The van der Waals surface area contributed by atoms with Crippen molar-refractivity contribution in [3.05, 3.63) is 46.5 Å².